The first-order chi connectivity index (χ1) is 8.69. The number of benzene rings is 1. The highest BCUT2D eigenvalue weighted by Crippen LogP contribution is 2.20. The predicted octanol–water partition coefficient (Wildman–Crippen LogP) is 2.89. The molecule has 0 aliphatic carbocycles. The van der Waals surface area contributed by atoms with Crippen LogP contribution in [0.4, 0.5) is 32.4 Å². The van der Waals surface area contributed by atoms with E-state index in [9.17, 15) is 26.7 Å². The van der Waals surface area contributed by atoms with Gasteiger partial charge >= 0.3 is 12.2 Å². The topological polar surface area (TPSA) is 50.4 Å². The van der Waals surface area contributed by atoms with Gasteiger partial charge in [-0.2, -0.15) is 13.2 Å². The zero-order valence-corrected chi connectivity index (χ0v) is 9.57. The number of alkyl halides is 3. The van der Waals surface area contributed by atoms with E-state index < -0.39 is 30.4 Å². The van der Waals surface area contributed by atoms with Crippen LogP contribution in [-0.4, -0.2) is 18.8 Å². The predicted molar refractivity (Wildman–Crippen MR) is 55.3 cm³/mol. The number of halogens is 5. The number of nitrogens with one attached hydrogen (secondary N) is 2. The second kappa shape index (κ2) is 5.83. The number of anilines is 1. The number of urea groups is 1. The molecule has 0 spiro atoms. The Morgan fingerprint density at radius 1 is 1.32 bits per heavy atom. The average molecular weight is 284 g/mol. The summed E-state index contributed by atoms with van der Waals surface area (Å²) >= 11 is 0. The Morgan fingerprint density at radius 3 is 2.47 bits per heavy atom. The first-order valence-corrected chi connectivity index (χ1v) is 4.90. The standard InChI is InChI=1S/C10H9F5N2O2/c1-5-2-6(11)3-7(12)8(5)16-9(18)17-19-4-10(13,14)15/h2-3H,4H2,1H3,(H2,16,17,18). The van der Waals surface area contributed by atoms with Crippen LogP contribution in [-0.2, 0) is 4.84 Å². The van der Waals surface area contributed by atoms with Gasteiger partial charge in [-0.05, 0) is 18.6 Å². The lowest BCUT2D eigenvalue weighted by Gasteiger charge is -2.11. The van der Waals surface area contributed by atoms with Crippen molar-refractivity contribution in [2.24, 2.45) is 0 Å². The van der Waals surface area contributed by atoms with Crippen molar-refractivity contribution in [1.82, 2.24) is 5.48 Å². The van der Waals surface area contributed by atoms with E-state index >= 15 is 0 Å². The number of hydroxylamine groups is 1. The van der Waals surface area contributed by atoms with E-state index in [1.54, 1.807) is 0 Å². The lowest BCUT2D eigenvalue weighted by Crippen LogP contribution is -2.33. The molecule has 0 saturated heterocycles. The summed E-state index contributed by atoms with van der Waals surface area (Å²) in [6.07, 6.45) is -4.61. The lowest BCUT2D eigenvalue weighted by molar-refractivity contribution is -0.183. The van der Waals surface area contributed by atoms with Gasteiger partial charge in [-0.15, -0.1) is 0 Å². The molecule has 0 aliphatic rings. The molecule has 4 nitrogen and oxygen atoms in total. The minimum atomic E-state index is -4.61. The second-order valence-electron chi connectivity index (χ2n) is 3.54. The number of carbonyl (C=O) groups is 1. The molecule has 2 amide bonds. The van der Waals surface area contributed by atoms with Crippen LogP contribution in [0, 0.1) is 18.6 Å². The van der Waals surface area contributed by atoms with Crippen LogP contribution in [0.3, 0.4) is 0 Å². The molecule has 9 heteroatoms. The molecular formula is C10H9F5N2O2. The van der Waals surface area contributed by atoms with E-state index in [2.05, 4.69) is 4.84 Å². The van der Waals surface area contributed by atoms with Crippen molar-refractivity contribution in [3.8, 4) is 0 Å². The smallest absolute Gasteiger partial charge is 0.303 e. The summed E-state index contributed by atoms with van der Waals surface area (Å²) in [7, 11) is 0. The average Bonchev–Trinajstić information content (AvgIpc) is 2.21. The molecule has 0 unspecified atom stereocenters. The van der Waals surface area contributed by atoms with E-state index in [1.807, 2.05) is 5.32 Å². The van der Waals surface area contributed by atoms with Crippen LogP contribution in [0.15, 0.2) is 12.1 Å². The van der Waals surface area contributed by atoms with Crippen molar-refractivity contribution < 1.29 is 31.6 Å². The fourth-order valence-corrected chi connectivity index (χ4v) is 1.18. The van der Waals surface area contributed by atoms with Gasteiger partial charge in [0.1, 0.15) is 11.6 Å². The third kappa shape index (κ3) is 5.08. The lowest BCUT2D eigenvalue weighted by atomic mass is 10.2. The number of carbonyl (C=O) groups excluding carboxylic acids is 1. The molecule has 0 radical (unpaired) electrons. The first-order valence-electron chi connectivity index (χ1n) is 4.90. The number of hydrogen-bond acceptors (Lipinski definition) is 2. The Kier molecular flexibility index (Phi) is 4.65. The summed E-state index contributed by atoms with van der Waals surface area (Å²) in [6.45, 7) is -0.371. The van der Waals surface area contributed by atoms with Gasteiger partial charge in [0, 0.05) is 6.07 Å². The van der Waals surface area contributed by atoms with Crippen molar-refractivity contribution >= 4 is 11.7 Å². The van der Waals surface area contributed by atoms with Crippen LogP contribution in [0.5, 0.6) is 0 Å². The molecular weight excluding hydrogens is 275 g/mol. The summed E-state index contributed by atoms with van der Waals surface area (Å²) < 4.78 is 61.2. The second-order valence-corrected chi connectivity index (χ2v) is 3.54. The number of amides is 2. The highest BCUT2D eigenvalue weighted by molar-refractivity contribution is 5.89. The van der Waals surface area contributed by atoms with Gasteiger partial charge < -0.3 is 5.32 Å². The normalized spacial score (nSPS) is 11.3. The third-order valence-electron chi connectivity index (χ3n) is 1.89. The van der Waals surface area contributed by atoms with E-state index in [1.165, 1.54) is 12.4 Å². The quantitative estimate of drug-likeness (QED) is 0.662. The van der Waals surface area contributed by atoms with Gasteiger partial charge in [0.15, 0.2) is 6.61 Å². The van der Waals surface area contributed by atoms with Crippen LogP contribution in [0.25, 0.3) is 0 Å². The van der Waals surface area contributed by atoms with Crippen molar-refractivity contribution in [2.75, 3.05) is 11.9 Å². The summed E-state index contributed by atoms with van der Waals surface area (Å²) in [5.41, 5.74) is 1.15. The zero-order chi connectivity index (χ0) is 14.6. The molecule has 2 N–H and O–H groups in total. The molecule has 0 bridgehead atoms. The number of hydrogen-bond donors (Lipinski definition) is 2. The van der Waals surface area contributed by atoms with Gasteiger partial charge in [0.05, 0.1) is 5.69 Å². The molecule has 1 aromatic rings. The molecule has 1 aromatic carbocycles. The van der Waals surface area contributed by atoms with Crippen molar-refractivity contribution in [3.05, 3.63) is 29.3 Å². The van der Waals surface area contributed by atoms with Gasteiger partial charge in [-0.1, -0.05) is 0 Å². The zero-order valence-electron chi connectivity index (χ0n) is 9.57. The van der Waals surface area contributed by atoms with Crippen molar-refractivity contribution in [2.45, 2.75) is 13.1 Å². The first kappa shape index (κ1) is 15.2. The molecule has 106 valence electrons. The fraction of sp³-hybridized carbons (Fsp3) is 0.300. The van der Waals surface area contributed by atoms with Gasteiger partial charge in [0.2, 0.25) is 0 Å². The summed E-state index contributed by atoms with van der Waals surface area (Å²) in [4.78, 5) is 15.0. The highest BCUT2D eigenvalue weighted by Gasteiger charge is 2.28. The van der Waals surface area contributed by atoms with Gasteiger partial charge in [-0.25, -0.2) is 19.1 Å². The Hall–Kier alpha value is -1.90. The molecule has 0 saturated carbocycles. The maximum Gasteiger partial charge on any atom is 0.414 e. The molecule has 0 fully saturated rings. The van der Waals surface area contributed by atoms with Gasteiger partial charge in [-0.3, -0.25) is 4.84 Å². The van der Waals surface area contributed by atoms with E-state index in [4.69, 9.17) is 0 Å². The molecule has 1 rings (SSSR count). The highest BCUT2D eigenvalue weighted by atomic mass is 19.4. The molecule has 19 heavy (non-hydrogen) atoms. The van der Waals surface area contributed by atoms with E-state index in [0.717, 1.165) is 6.07 Å². The SMILES string of the molecule is Cc1cc(F)cc(F)c1NC(=O)NOCC(F)(F)F. The summed E-state index contributed by atoms with van der Waals surface area (Å²) in [5, 5.41) is 1.91. The number of aryl methyl sites for hydroxylation is 1. The van der Waals surface area contributed by atoms with Crippen LogP contribution < -0.4 is 10.8 Å². The summed E-state index contributed by atoms with van der Waals surface area (Å²) in [6, 6.07) is 0.270. The monoisotopic (exact) mass is 284 g/mol. The van der Waals surface area contributed by atoms with Crippen LogP contribution in [0.2, 0.25) is 0 Å². The Balaban J connectivity index is 2.58. The molecule has 0 heterocycles. The van der Waals surface area contributed by atoms with Crippen LogP contribution >= 0.6 is 0 Å². The molecule has 0 aliphatic heterocycles. The van der Waals surface area contributed by atoms with E-state index in [-0.39, 0.29) is 11.3 Å². The third-order valence-corrected chi connectivity index (χ3v) is 1.89. The van der Waals surface area contributed by atoms with Crippen molar-refractivity contribution in [1.29, 1.82) is 0 Å². The maximum atomic E-state index is 13.3. The minimum Gasteiger partial charge on any atom is -0.303 e. The van der Waals surface area contributed by atoms with E-state index in [0.29, 0.717) is 6.07 Å². The molecule has 0 aromatic heterocycles. The Morgan fingerprint density at radius 2 is 1.95 bits per heavy atom. The number of rotatable bonds is 3. The summed E-state index contributed by atoms with van der Waals surface area (Å²) in [5.74, 6) is -1.89. The maximum absolute atomic E-state index is 13.3. The Bertz CT molecular complexity index is 452. The minimum absolute atomic E-state index is 0.0727. The van der Waals surface area contributed by atoms with Crippen LogP contribution in [0.1, 0.15) is 5.56 Å². The molecule has 0 atom stereocenters. The Labute approximate surface area is 104 Å². The largest absolute Gasteiger partial charge is 0.414 e. The van der Waals surface area contributed by atoms with Crippen molar-refractivity contribution in [3.63, 3.8) is 0 Å². The van der Waals surface area contributed by atoms with Gasteiger partial charge in [0.25, 0.3) is 0 Å². The fourth-order valence-electron chi connectivity index (χ4n) is 1.18.